The van der Waals surface area contributed by atoms with E-state index in [0.29, 0.717) is 19.1 Å². The summed E-state index contributed by atoms with van der Waals surface area (Å²) in [5, 5.41) is 11.3. The molecule has 1 aliphatic carbocycles. The Morgan fingerprint density at radius 2 is 1.55 bits per heavy atom. The van der Waals surface area contributed by atoms with Gasteiger partial charge in [0.2, 0.25) is 0 Å². The van der Waals surface area contributed by atoms with Crippen LogP contribution in [0, 0.1) is 0 Å². The molecular weight excluding hydrogens is 388 g/mol. The van der Waals surface area contributed by atoms with Gasteiger partial charge in [-0.15, -0.1) is 0 Å². The predicted octanol–water partition coefficient (Wildman–Crippen LogP) is 2.20. The Morgan fingerprint density at radius 3 is 2.16 bits per heavy atom. The van der Waals surface area contributed by atoms with Crippen molar-refractivity contribution in [2.75, 3.05) is 26.2 Å². The van der Waals surface area contributed by atoms with Gasteiger partial charge in [-0.1, -0.05) is 61.7 Å². The average Bonchev–Trinajstić information content (AvgIpc) is 2.84. The van der Waals surface area contributed by atoms with Crippen LogP contribution in [0.3, 0.4) is 0 Å². The molecule has 164 valence electrons. The largest absolute Gasteiger partial charge is 0.545 e. The standard InChI is InChI=1S/C26H32N2O3/c1-19(20-11-13-22(14-12-20)21-7-3-2-4-8-21)27-15-17-28(18-16-27)25(29)23-9-5-6-10-24(23)26(30)31/h5-6,9-14,19,21H,2-4,7-8,15-18H2,1H3,(H,30,31)/t19-/m1/s1. The number of quaternary nitrogens is 1. The Kier molecular flexibility index (Phi) is 6.71. The maximum Gasteiger partial charge on any atom is 0.254 e. The fraction of sp³-hybridized carbons (Fsp3) is 0.462. The molecule has 0 radical (unpaired) electrons. The minimum atomic E-state index is -1.31. The van der Waals surface area contributed by atoms with E-state index in [2.05, 4.69) is 31.2 Å². The van der Waals surface area contributed by atoms with Crippen molar-refractivity contribution < 1.29 is 19.6 Å². The number of carbonyl (C=O) groups excluding carboxylic acids is 2. The molecule has 5 nitrogen and oxygen atoms in total. The number of aromatic carboxylic acids is 1. The van der Waals surface area contributed by atoms with E-state index >= 15 is 0 Å². The molecule has 1 atom stereocenters. The number of hydrogen-bond donors (Lipinski definition) is 1. The van der Waals surface area contributed by atoms with E-state index in [1.807, 2.05) is 0 Å². The smallest absolute Gasteiger partial charge is 0.254 e. The molecule has 1 N–H and O–H groups in total. The number of rotatable bonds is 5. The van der Waals surface area contributed by atoms with Crippen molar-refractivity contribution in [2.45, 2.75) is 51.0 Å². The van der Waals surface area contributed by atoms with Crippen molar-refractivity contribution >= 4 is 11.9 Å². The number of carboxylic acid groups (broad SMARTS) is 1. The van der Waals surface area contributed by atoms with Gasteiger partial charge in [-0.05, 0) is 37.3 Å². The van der Waals surface area contributed by atoms with Crippen LogP contribution in [0.1, 0.15) is 82.8 Å². The van der Waals surface area contributed by atoms with Crippen LogP contribution in [-0.2, 0) is 0 Å². The van der Waals surface area contributed by atoms with Crippen molar-refractivity contribution in [3.8, 4) is 0 Å². The van der Waals surface area contributed by atoms with Crippen LogP contribution in [0.15, 0.2) is 48.5 Å². The molecular formula is C26H32N2O3. The summed E-state index contributed by atoms with van der Waals surface area (Å²) in [6.45, 7) is 5.21. The average molecular weight is 421 g/mol. The number of hydrogen-bond acceptors (Lipinski definition) is 3. The van der Waals surface area contributed by atoms with Crippen molar-refractivity contribution in [2.24, 2.45) is 0 Å². The predicted molar refractivity (Wildman–Crippen MR) is 118 cm³/mol. The number of nitrogens with one attached hydrogen (secondary N) is 1. The van der Waals surface area contributed by atoms with Crippen molar-refractivity contribution in [3.05, 3.63) is 70.8 Å². The molecule has 1 saturated carbocycles. The highest BCUT2D eigenvalue weighted by molar-refractivity contribution is 6.04. The fourth-order valence-corrected chi connectivity index (χ4v) is 5.18. The van der Waals surface area contributed by atoms with Crippen LogP contribution in [-0.4, -0.2) is 43.0 Å². The number of nitrogens with zero attached hydrogens (tertiary/aromatic N) is 1. The molecule has 0 bridgehead atoms. The van der Waals surface area contributed by atoms with Gasteiger partial charge in [0, 0.05) is 16.7 Å². The summed E-state index contributed by atoms with van der Waals surface area (Å²) >= 11 is 0. The first kappa shape index (κ1) is 21.6. The van der Waals surface area contributed by atoms with E-state index in [9.17, 15) is 14.7 Å². The molecule has 1 aliphatic heterocycles. The third-order valence-electron chi connectivity index (χ3n) is 7.20. The molecule has 5 heteroatoms. The maximum absolute atomic E-state index is 12.9. The molecule has 2 aliphatic rings. The van der Waals surface area contributed by atoms with Gasteiger partial charge in [-0.25, -0.2) is 0 Å². The Hall–Kier alpha value is -2.66. The third kappa shape index (κ3) is 4.82. The summed E-state index contributed by atoms with van der Waals surface area (Å²) in [5.41, 5.74) is 3.01. The van der Waals surface area contributed by atoms with Gasteiger partial charge < -0.3 is 19.7 Å². The molecule has 1 heterocycles. The topological polar surface area (TPSA) is 64.9 Å². The number of carboxylic acids is 1. The molecule has 0 unspecified atom stereocenters. The lowest BCUT2D eigenvalue weighted by molar-refractivity contribution is -0.933. The van der Waals surface area contributed by atoms with E-state index in [1.54, 1.807) is 23.1 Å². The molecule has 1 amide bonds. The molecule has 1 saturated heterocycles. The van der Waals surface area contributed by atoms with Crippen LogP contribution < -0.4 is 10.0 Å². The van der Waals surface area contributed by atoms with Crippen LogP contribution >= 0.6 is 0 Å². The summed E-state index contributed by atoms with van der Waals surface area (Å²) in [6.07, 6.45) is 6.71. The van der Waals surface area contributed by atoms with Gasteiger partial charge in [-0.2, -0.15) is 0 Å². The van der Waals surface area contributed by atoms with Crippen LogP contribution in [0.25, 0.3) is 0 Å². The quantitative estimate of drug-likeness (QED) is 0.807. The lowest BCUT2D eigenvalue weighted by Crippen LogP contribution is -3.14. The SMILES string of the molecule is C[C@H](c1ccc(C2CCCCC2)cc1)[NH+]1CCN(C(=O)c2ccccc2C(=O)[O-])CC1. The monoisotopic (exact) mass is 420 g/mol. The lowest BCUT2D eigenvalue weighted by Gasteiger charge is -2.36. The normalized spacial score (nSPS) is 19.2. The van der Waals surface area contributed by atoms with Gasteiger partial charge in [0.05, 0.1) is 32.1 Å². The summed E-state index contributed by atoms with van der Waals surface area (Å²) in [5.74, 6) is -0.800. The van der Waals surface area contributed by atoms with E-state index in [4.69, 9.17) is 0 Å². The first-order chi connectivity index (χ1) is 15.0. The Labute approximate surface area is 184 Å². The molecule has 2 fully saturated rings. The maximum atomic E-state index is 12.9. The fourth-order valence-electron chi connectivity index (χ4n) is 5.18. The first-order valence-electron chi connectivity index (χ1n) is 11.6. The second-order valence-corrected chi connectivity index (χ2v) is 9.01. The van der Waals surface area contributed by atoms with Gasteiger partial charge in [0.1, 0.15) is 6.04 Å². The van der Waals surface area contributed by atoms with E-state index in [1.165, 1.54) is 54.2 Å². The second-order valence-electron chi connectivity index (χ2n) is 9.01. The summed E-state index contributed by atoms with van der Waals surface area (Å²) in [6, 6.07) is 15.9. The van der Waals surface area contributed by atoms with Crippen molar-refractivity contribution in [3.63, 3.8) is 0 Å². The first-order valence-corrected chi connectivity index (χ1v) is 11.6. The van der Waals surface area contributed by atoms with E-state index < -0.39 is 5.97 Å². The number of carbonyl (C=O) groups is 2. The van der Waals surface area contributed by atoms with Crippen molar-refractivity contribution in [1.82, 2.24) is 4.90 Å². The summed E-state index contributed by atoms with van der Waals surface area (Å²) < 4.78 is 0. The molecule has 2 aromatic rings. The Balaban J connectivity index is 1.36. The number of amides is 1. The second kappa shape index (κ2) is 9.65. The highest BCUT2D eigenvalue weighted by Crippen LogP contribution is 2.32. The zero-order chi connectivity index (χ0) is 21.8. The molecule has 0 aromatic heterocycles. The summed E-state index contributed by atoms with van der Waals surface area (Å²) in [4.78, 5) is 27.5. The van der Waals surface area contributed by atoms with Gasteiger partial charge >= 0.3 is 0 Å². The Morgan fingerprint density at radius 1 is 0.935 bits per heavy atom. The Bertz CT molecular complexity index is 911. The highest BCUT2D eigenvalue weighted by atomic mass is 16.4. The third-order valence-corrected chi connectivity index (χ3v) is 7.20. The van der Waals surface area contributed by atoms with Crippen LogP contribution in [0.4, 0.5) is 0 Å². The minimum absolute atomic E-state index is 0.0336. The van der Waals surface area contributed by atoms with Crippen molar-refractivity contribution in [1.29, 1.82) is 0 Å². The molecule has 4 rings (SSSR count). The zero-order valence-corrected chi connectivity index (χ0v) is 18.3. The highest BCUT2D eigenvalue weighted by Gasteiger charge is 2.29. The van der Waals surface area contributed by atoms with Crippen LogP contribution in [0.2, 0.25) is 0 Å². The van der Waals surface area contributed by atoms with E-state index in [-0.39, 0.29) is 17.0 Å². The van der Waals surface area contributed by atoms with Gasteiger partial charge in [0.25, 0.3) is 5.91 Å². The van der Waals surface area contributed by atoms with E-state index in [0.717, 1.165) is 19.0 Å². The molecule has 31 heavy (non-hydrogen) atoms. The zero-order valence-electron chi connectivity index (χ0n) is 18.3. The lowest BCUT2D eigenvalue weighted by atomic mass is 9.83. The number of benzene rings is 2. The molecule has 2 aromatic carbocycles. The minimum Gasteiger partial charge on any atom is -0.545 e. The van der Waals surface area contributed by atoms with Gasteiger partial charge in [0.15, 0.2) is 0 Å². The number of piperazine rings is 1. The van der Waals surface area contributed by atoms with Gasteiger partial charge in [-0.3, -0.25) is 4.79 Å². The summed E-state index contributed by atoms with van der Waals surface area (Å²) in [7, 11) is 0. The molecule has 0 spiro atoms. The van der Waals surface area contributed by atoms with Crippen LogP contribution in [0.5, 0.6) is 0 Å².